The van der Waals surface area contributed by atoms with Gasteiger partial charge in [0.05, 0.1) is 16.9 Å². The highest BCUT2D eigenvalue weighted by Crippen LogP contribution is 2.22. The number of amides is 1. The van der Waals surface area contributed by atoms with Crippen LogP contribution >= 0.6 is 11.6 Å². The Morgan fingerprint density at radius 1 is 1.19 bits per heavy atom. The predicted molar refractivity (Wildman–Crippen MR) is 106 cm³/mol. The van der Waals surface area contributed by atoms with E-state index in [0.29, 0.717) is 15.9 Å². The fraction of sp³-hybridized carbons (Fsp3) is 0.250. The highest BCUT2D eigenvalue weighted by atomic mass is 35.5. The molecule has 0 fully saturated rings. The number of para-hydroxylation sites is 1. The minimum absolute atomic E-state index is 0.107. The van der Waals surface area contributed by atoms with Crippen molar-refractivity contribution in [3.05, 3.63) is 80.0 Å². The molecule has 3 aromatic rings. The maximum absolute atomic E-state index is 12.6. The standard InChI is InChI=1S/C20H20ClN3O3/c1-13(14-6-5-7-15(21)12-14)23(2)18(25)10-11-24-17-9-4-3-8-16(17)19(26)22-20(24)27/h3-9,12-13H,10-11H2,1-2H3,(H,22,26,27). The molecule has 1 amide bonds. The lowest BCUT2D eigenvalue weighted by Gasteiger charge is -2.25. The fourth-order valence-electron chi connectivity index (χ4n) is 3.05. The van der Waals surface area contributed by atoms with Gasteiger partial charge in [0.1, 0.15) is 0 Å². The van der Waals surface area contributed by atoms with Gasteiger partial charge in [0.2, 0.25) is 5.91 Å². The Balaban J connectivity index is 1.79. The number of carbonyl (C=O) groups is 1. The average molecular weight is 386 g/mol. The van der Waals surface area contributed by atoms with Crippen molar-refractivity contribution in [2.24, 2.45) is 0 Å². The number of aryl methyl sites for hydroxylation is 1. The number of benzene rings is 2. The van der Waals surface area contributed by atoms with E-state index in [4.69, 9.17) is 11.6 Å². The van der Waals surface area contributed by atoms with Crippen molar-refractivity contribution in [1.82, 2.24) is 14.5 Å². The predicted octanol–water partition coefficient (Wildman–Crippen LogP) is 2.95. The summed E-state index contributed by atoms with van der Waals surface area (Å²) in [5.74, 6) is -0.107. The number of carbonyl (C=O) groups excluding carboxylic acids is 1. The number of H-pyrrole nitrogens is 1. The van der Waals surface area contributed by atoms with Crippen LogP contribution in [0.25, 0.3) is 10.9 Å². The molecule has 1 aromatic heterocycles. The van der Waals surface area contributed by atoms with Crippen molar-refractivity contribution in [1.29, 1.82) is 0 Å². The summed E-state index contributed by atoms with van der Waals surface area (Å²) in [6.07, 6.45) is 0.136. The molecule has 0 radical (unpaired) electrons. The number of hydrogen-bond acceptors (Lipinski definition) is 3. The smallest absolute Gasteiger partial charge is 0.328 e. The number of nitrogens with zero attached hydrogens (tertiary/aromatic N) is 2. The van der Waals surface area contributed by atoms with Crippen molar-refractivity contribution in [3.8, 4) is 0 Å². The Morgan fingerprint density at radius 2 is 1.93 bits per heavy atom. The monoisotopic (exact) mass is 385 g/mol. The van der Waals surface area contributed by atoms with Crippen LogP contribution in [0.1, 0.15) is 24.9 Å². The Hall–Kier alpha value is -2.86. The largest absolute Gasteiger partial charge is 0.339 e. The summed E-state index contributed by atoms with van der Waals surface area (Å²) in [6, 6.07) is 14.1. The molecule has 0 saturated carbocycles. The maximum atomic E-state index is 12.6. The summed E-state index contributed by atoms with van der Waals surface area (Å²) < 4.78 is 1.42. The molecule has 0 aliphatic rings. The lowest BCUT2D eigenvalue weighted by atomic mass is 10.1. The topological polar surface area (TPSA) is 75.2 Å². The highest BCUT2D eigenvalue weighted by molar-refractivity contribution is 6.30. The van der Waals surface area contributed by atoms with Gasteiger partial charge in [0, 0.05) is 25.0 Å². The number of aromatic amines is 1. The minimum atomic E-state index is -0.517. The number of hydrogen-bond donors (Lipinski definition) is 1. The van der Waals surface area contributed by atoms with Crippen LogP contribution in [0.4, 0.5) is 0 Å². The zero-order valence-electron chi connectivity index (χ0n) is 15.1. The molecule has 27 heavy (non-hydrogen) atoms. The van der Waals surface area contributed by atoms with E-state index in [-0.39, 0.29) is 24.9 Å². The van der Waals surface area contributed by atoms with Gasteiger partial charge in [-0.05, 0) is 36.8 Å². The van der Waals surface area contributed by atoms with Crippen molar-refractivity contribution < 1.29 is 4.79 Å². The third-order valence-corrected chi connectivity index (χ3v) is 4.99. The van der Waals surface area contributed by atoms with Gasteiger partial charge in [-0.25, -0.2) is 4.79 Å². The second-order valence-electron chi connectivity index (χ2n) is 6.41. The molecule has 3 rings (SSSR count). The second-order valence-corrected chi connectivity index (χ2v) is 6.85. The van der Waals surface area contributed by atoms with Crippen LogP contribution in [-0.4, -0.2) is 27.4 Å². The average Bonchev–Trinajstić information content (AvgIpc) is 2.66. The van der Waals surface area contributed by atoms with Crippen molar-refractivity contribution in [3.63, 3.8) is 0 Å². The van der Waals surface area contributed by atoms with E-state index < -0.39 is 11.2 Å². The van der Waals surface area contributed by atoms with E-state index in [2.05, 4.69) is 4.98 Å². The molecule has 0 aliphatic heterocycles. The number of nitrogens with one attached hydrogen (secondary N) is 1. The summed E-state index contributed by atoms with van der Waals surface area (Å²) >= 11 is 6.03. The Kier molecular flexibility index (Phi) is 5.46. The van der Waals surface area contributed by atoms with E-state index in [9.17, 15) is 14.4 Å². The SMILES string of the molecule is CC(c1cccc(Cl)c1)N(C)C(=O)CCn1c(=O)[nH]c(=O)c2ccccc21. The first kappa shape index (κ1) is 18.9. The van der Waals surface area contributed by atoms with Crippen molar-refractivity contribution in [2.45, 2.75) is 25.9 Å². The van der Waals surface area contributed by atoms with Gasteiger partial charge in [0.25, 0.3) is 5.56 Å². The van der Waals surface area contributed by atoms with Gasteiger partial charge in [-0.2, -0.15) is 0 Å². The molecule has 0 aliphatic carbocycles. The minimum Gasteiger partial charge on any atom is -0.339 e. The van der Waals surface area contributed by atoms with Crippen LogP contribution in [0.15, 0.2) is 58.1 Å². The van der Waals surface area contributed by atoms with Gasteiger partial charge < -0.3 is 4.90 Å². The molecule has 0 bridgehead atoms. The Morgan fingerprint density at radius 3 is 2.67 bits per heavy atom. The summed E-state index contributed by atoms with van der Waals surface area (Å²) in [6.45, 7) is 2.10. The first-order chi connectivity index (χ1) is 12.9. The van der Waals surface area contributed by atoms with Crippen LogP contribution < -0.4 is 11.2 Å². The fourth-order valence-corrected chi connectivity index (χ4v) is 3.25. The van der Waals surface area contributed by atoms with E-state index in [1.807, 2.05) is 25.1 Å². The first-order valence-electron chi connectivity index (χ1n) is 8.61. The normalized spacial score (nSPS) is 12.1. The molecule has 7 heteroatoms. The van der Waals surface area contributed by atoms with Gasteiger partial charge in [0.15, 0.2) is 0 Å². The number of fused-ring (bicyclic) bond motifs is 1. The summed E-state index contributed by atoms with van der Waals surface area (Å²) in [5, 5.41) is 1.04. The molecular weight excluding hydrogens is 366 g/mol. The van der Waals surface area contributed by atoms with E-state index >= 15 is 0 Å². The molecule has 140 valence electrons. The zero-order valence-corrected chi connectivity index (χ0v) is 15.9. The van der Waals surface area contributed by atoms with E-state index in [1.54, 1.807) is 42.3 Å². The molecule has 1 atom stereocenters. The zero-order chi connectivity index (χ0) is 19.6. The lowest BCUT2D eigenvalue weighted by molar-refractivity contribution is -0.132. The Bertz CT molecular complexity index is 1100. The van der Waals surface area contributed by atoms with Crippen LogP contribution in [-0.2, 0) is 11.3 Å². The molecule has 0 saturated heterocycles. The third kappa shape index (κ3) is 3.95. The summed E-state index contributed by atoms with van der Waals surface area (Å²) in [5.41, 5.74) is 0.511. The quantitative estimate of drug-likeness (QED) is 0.733. The van der Waals surface area contributed by atoms with Crippen LogP contribution in [0.2, 0.25) is 5.02 Å². The molecule has 1 unspecified atom stereocenters. The number of rotatable bonds is 5. The van der Waals surface area contributed by atoms with Crippen molar-refractivity contribution in [2.75, 3.05) is 7.05 Å². The third-order valence-electron chi connectivity index (χ3n) is 4.76. The van der Waals surface area contributed by atoms with Gasteiger partial charge >= 0.3 is 5.69 Å². The molecule has 1 heterocycles. The molecule has 0 spiro atoms. The lowest BCUT2D eigenvalue weighted by Crippen LogP contribution is -2.34. The Labute approximate surface area is 161 Å². The maximum Gasteiger partial charge on any atom is 0.328 e. The van der Waals surface area contributed by atoms with Crippen LogP contribution in [0, 0.1) is 0 Å². The molecule has 6 nitrogen and oxygen atoms in total. The first-order valence-corrected chi connectivity index (χ1v) is 8.99. The molecule has 1 N–H and O–H groups in total. The summed E-state index contributed by atoms with van der Waals surface area (Å²) in [4.78, 5) is 40.7. The van der Waals surface area contributed by atoms with E-state index in [0.717, 1.165) is 5.56 Å². The van der Waals surface area contributed by atoms with Gasteiger partial charge in [-0.15, -0.1) is 0 Å². The highest BCUT2D eigenvalue weighted by Gasteiger charge is 2.18. The summed E-state index contributed by atoms with van der Waals surface area (Å²) in [7, 11) is 1.72. The number of halogens is 1. The molecule has 2 aromatic carbocycles. The molecular formula is C20H20ClN3O3. The second kappa shape index (κ2) is 7.80. The van der Waals surface area contributed by atoms with Crippen molar-refractivity contribution >= 4 is 28.4 Å². The number of aromatic nitrogens is 2. The van der Waals surface area contributed by atoms with Crippen LogP contribution in [0.3, 0.4) is 0 Å². The van der Waals surface area contributed by atoms with Crippen LogP contribution in [0.5, 0.6) is 0 Å². The van der Waals surface area contributed by atoms with Gasteiger partial charge in [-0.3, -0.25) is 19.1 Å². The van der Waals surface area contributed by atoms with Gasteiger partial charge in [-0.1, -0.05) is 35.9 Å². The van der Waals surface area contributed by atoms with E-state index in [1.165, 1.54) is 4.57 Å².